The maximum atomic E-state index is 4.61. The quantitative estimate of drug-likeness (QED) is 0.807. The Kier molecular flexibility index (Phi) is 5.38. The van der Waals surface area contributed by atoms with E-state index >= 15 is 0 Å². The van der Waals surface area contributed by atoms with E-state index in [4.69, 9.17) is 0 Å². The van der Waals surface area contributed by atoms with Crippen molar-refractivity contribution in [1.82, 2.24) is 9.88 Å². The smallest absolute Gasteiger partial charge is 0.0867 e. The minimum absolute atomic E-state index is 0.999. The molecule has 0 spiro atoms. The minimum Gasteiger partial charge on any atom is -0.384 e. The van der Waals surface area contributed by atoms with Gasteiger partial charge in [0.05, 0.1) is 5.52 Å². The van der Waals surface area contributed by atoms with Crippen molar-refractivity contribution in [3.8, 4) is 0 Å². The molecule has 2 aromatic rings. The van der Waals surface area contributed by atoms with Gasteiger partial charge in [0.1, 0.15) is 0 Å². The number of aromatic nitrogens is 1. The van der Waals surface area contributed by atoms with Crippen molar-refractivity contribution >= 4 is 32.5 Å². The summed E-state index contributed by atoms with van der Waals surface area (Å²) in [7, 11) is 4.23. The van der Waals surface area contributed by atoms with Gasteiger partial charge in [-0.05, 0) is 68.5 Å². The molecule has 0 aliphatic carbocycles. The Labute approximate surface area is 129 Å². The fourth-order valence-electron chi connectivity index (χ4n) is 2.26. The fraction of sp³-hybridized carbons (Fsp3) is 0.438. The van der Waals surface area contributed by atoms with Crippen LogP contribution in [0.3, 0.4) is 0 Å². The number of anilines is 1. The van der Waals surface area contributed by atoms with Crippen molar-refractivity contribution < 1.29 is 0 Å². The zero-order valence-corrected chi connectivity index (χ0v) is 14.0. The Morgan fingerprint density at radius 2 is 2.05 bits per heavy atom. The lowest BCUT2D eigenvalue weighted by Gasteiger charge is -2.12. The first-order valence-electron chi connectivity index (χ1n) is 7.02. The predicted molar refractivity (Wildman–Crippen MR) is 90.5 cm³/mol. The summed E-state index contributed by atoms with van der Waals surface area (Å²) in [5.74, 6) is 0. The fourth-order valence-corrected chi connectivity index (χ4v) is 2.72. The average Bonchev–Trinajstić information content (AvgIpc) is 2.39. The summed E-state index contributed by atoms with van der Waals surface area (Å²) in [5.41, 5.74) is 3.25. The summed E-state index contributed by atoms with van der Waals surface area (Å²) in [6, 6.07) is 8.34. The van der Waals surface area contributed by atoms with Crippen LogP contribution in [-0.4, -0.2) is 37.1 Å². The molecule has 0 radical (unpaired) electrons. The zero-order valence-electron chi connectivity index (χ0n) is 12.4. The van der Waals surface area contributed by atoms with Crippen LogP contribution in [-0.2, 0) is 0 Å². The Morgan fingerprint density at radius 3 is 2.80 bits per heavy atom. The third kappa shape index (κ3) is 3.93. The molecule has 2 rings (SSSR count). The van der Waals surface area contributed by atoms with Gasteiger partial charge in [0, 0.05) is 27.8 Å². The number of nitrogens with one attached hydrogen (secondary N) is 1. The highest BCUT2D eigenvalue weighted by Gasteiger charge is 2.06. The molecule has 0 fully saturated rings. The average molecular weight is 336 g/mol. The zero-order chi connectivity index (χ0) is 14.5. The lowest BCUT2D eigenvalue weighted by atomic mass is 10.1. The van der Waals surface area contributed by atoms with E-state index < -0.39 is 0 Å². The molecule has 0 atom stereocenters. The molecule has 1 N–H and O–H groups in total. The van der Waals surface area contributed by atoms with Crippen LogP contribution in [0, 0.1) is 6.92 Å². The first-order chi connectivity index (χ1) is 9.58. The Hall–Kier alpha value is -1.13. The monoisotopic (exact) mass is 335 g/mol. The maximum Gasteiger partial charge on any atom is 0.0867 e. The van der Waals surface area contributed by atoms with Gasteiger partial charge >= 0.3 is 0 Å². The predicted octanol–water partition coefficient (Wildman–Crippen LogP) is 4.06. The highest BCUT2D eigenvalue weighted by molar-refractivity contribution is 9.10. The van der Waals surface area contributed by atoms with Crippen LogP contribution in [0.4, 0.5) is 5.69 Å². The van der Waals surface area contributed by atoms with Crippen LogP contribution in [0.25, 0.3) is 10.9 Å². The van der Waals surface area contributed by atoms with Crippen LogP contribution in [0.1, 0.15) is 18.5 Å². The first-order valence-corrected chi connectivity index (χ1v) is 7.81. The van der Waals surface area contributed by atoms with E-state index in [2.05, 4.69) is 63.4 Å². The molecule has 20 heavy (non-hydrogen) atoms. The molecule has 0 saturated carbocycles. The topological polar surface area (TPSA) is 28.2 Å². The largest absolute Gasteiger partial charge is 0.384 e. The normalized spacial score (nSPS) is 11.2. The Balaban J connectivity index is 2.08. The molecule has 1 aromatic heterocycles. The molecule has 4 heteroatoms. The molecule has 108 valence electrons. The SMILES string of the molecule is Cc1cc(NCCCCN(C)C)c2cccc(Br)c2n1. The summed E-state index contributed by atoms with van der Waals surface area (Å²) >= 11 is 3.58. The van der Waals surface area contributed by atoms with Gasteiger partial charge in [-0.1, -0.05) is 12.1 Å². The molecule has 1 heterocycles. The van der Waals surface area contributed by atoms with Crippen molar-refractivity contribution in [3.63, 3.8) is 0 Å². The summed E-state index contributed by atoms with van der Waals surface area (Å²) < 4.78 is 1.05. The van der Waals surface area contributed by atoms with E-state index in [1.165, 1.54) is 23.9 Å². The van der Waals surface area contributed by atoms with Gasteiger partial charge in [-0.15, -0.1) is 0 Å². The first kappa shape index (κ1) is 15.3. The lowest BCUT2D eigenvalue weighted by molar-refractivity contribution is 0.396. The number of halogens is 1. The maximum absolute atomic E-state index is 4.61. The summed E-state index contributed by atoms with van der Waals surface area (Å²) in [5, 5.41) is 4.73. The van der Waals surface area contributed by atoms with Crippen LogP contribution < -0.4 is 5.32 Å². The number of hydrogen-bond donors (Lipinski definition) is 1. The van der Waals surface area contributed by atoms with E-state index in [0.717, 1.165) is 28.8 Å². The Morgan fingerprint density at radius 1 is 1.25 bits per heavy atom. The van der Waals surface area contributed by atoms with Crippen LogP contribution in [0.2, 0.25) is 0 Å². The summed E-state index contributed by atoms with van der Waals surface area (Å²) in [4.78, 5) is 6.84. The van der Waals surface area contributed by atoms with Crippen molar-refractivity contribution in [2.24, 2.45) is 0 Å². The van der Waals surface area contributed by atoms with Crippen molar-refractivity contribution in [1.29, 1.82) is 0 Å². The van der Waals surface area contributed by atoms with Gasteiger partial charge in [-0.3, -0.25) is 4.98 Å². The molecule has 0 amide bonds. The van der Waals surface area contributed by atoms with Crippen LogP contribution >= 0.6 is 15.9 Å². The number of unbranched alkanes of at least 4 members (excludes halogenated alkanes) is 1. The van der Waals surface area contributed by atoms with Gasteiger partial charge in [0.2, 0.25) is 0 Å². The standard InChI is InChI=1S/C16H22BrN3/c1-12-11-15(18-9-4-5-10-20(2)3)13-7-6-8-14(17)16(13)19-12/h6-8,11H,4-5,9-10H2,1-3H3,(H,18,19). The second-order valence-corrected chi connectivity index (χ2v) is 6.24. The molecule has 0 aliphatic rings. The van der Waals surface area contributed by atoms with Crippen molar-refractivity contribution in [2.45, 2.75) is 19.8 Å². The number of hydrogen-bond acceptors (Lipinski definition) is 3. The molecule has 0 saturated heterocycles. The summed E-state index contributed by atoms with van der Waals surface area (Å²) in [6.07, 6.45) is 2.39. The van der Waals surface area contributed by atoms with Crippen molar-refractivity contribution in [2.75, 3.05) is 32.5 Å². The second kappa shape index (κ2) is 7.04. The number of benzene rings is 1. The summed E-state index contributed by atoms with van der Waals surface area (Å²) in [6.45, 7) is 4.18. The van der Waals surface area contributed by atoms with Crippen LogP contribution in [0.15, 0.2) is 28.7 Å². The molecule has 0 aliphatic heterocycles. The highest BCUT2D eigenvalue weighted by atomic mass is 79.9. The number of nitrogens with zero attached hydrogens (tertiary/aromatic N) is 2. The van der Waals surface area contributed by atoms with Gasteiger partial charge in [-0.25, -0.2) is 0 Å². The minimum atomic E-state index is 0.999. The van der Waals surface area contributed by atoms with E-state index in [-0.39, 0.29) is 0 Å². The van der Waals surface area contributed by atoms with Gasteiger partial charge < -0.3 is 10.2 Å². The molecule has 0 unspecified atom stereocenters. The number of para-hydroxylation sites is 1. The number of rotatable bonds is 6. The van der Waals surface area contributed by atoms with Gasteiger partial charge in [0.25, 0.3) is 0 Å². The van der Waals surface area contributed by atoms with E-state index in [1.54, 1.807) is 0 Å². The van der Waals surface area contributed by atoms with Crippen molar-refractivity contribution in [3.05, 3.63) is 34.4 Å². The molecular formula is C16H22BrN3. The third-order valence-corrected chi connectivity index (χ3v) is 3.91. The lowest BCUT2D eigenvalue weighted by Crippen LogP contribution is -2.14. The number of pyridine rings is 1. The highest BCUT2D eigenvalue weighted by Crippen LogP contribution is 2.28. The third-order valence-electron chi connectivity index (χ3n) is 3.27. The molecule has 0 bridgehead atoms. The Bertz CT molecular complexity index is 581. The second-order valence-electron chi connectivity index (χ2n) is 5.38. The number of fused-ring (bicyclic) bond motifs is 1. The van der Waals surface area contributed by atoms with Gasteiger partial charge in [0.15, 0.2) is 0 Å². The van der Waals surface area contributed by atoms with E-state index in [0.29, 0.717) is 0 Å². The number of aryl methyl sites for hydroxylation is 1. The van der Waals surface area contributed by atoms with E-state index in [1.807, 2.05) is 13.0 Å². The van der Waals surface area contributed by atoms with Crippen LogP contribution in [0.5, 0.6) is 0 Å². The molecule has 3 nitrogen and oxygen atoms in total. The van der Waals surface area contributed by atoms with E-state index in [9.17, 15) is 0 Å². The molecule has 1 aromatic carbocycles. The van der Waals surface area contributed by atoms with Gasteiger partial charge in [-0.2, -0.15) is 0 Å². The molecular weight excluding hydrogens is 314 g/mol.